The summed E-state index contributed by atoms with van der Waals surface area (Å²) < 4.78 is 0. The summed E-state index contributed by atoms with van der Waals surface area (Å²) in [6.45, 7) is 3.36. The Balaban J connectivity index is 1.73. The van der Waals surface area contributed by atoms with E-state index in [4.69, 9.17) is 0 Å². The normalized spacial score (nSPS) is 15.3. The van der Waals surface area contributed by atoms with E-state index in [-0.39, 0.29) is 18.5 Å². The van der Waals surface area contributed by atoms with Crippen molar-refractivity contribution in [2.45, 2.75) is 13.5 Å². The molecule has 1 aliphatic rings. The zero-order valence-corrected chi connectivity index (χ0v) is 12.8. The summed E-state index contributed by atoms with van der Waals surface area (Å²) in [6.07, 6.45) is 0. The van der Waals surface area contributed by atoms with E-state index in [2.05, 4.69) is 25.9 Å². The Morgan fingerprint density at radius 3 is 2.90 bits per heavy atom. The third-order valence-electron chi connectivity index (χ3n) is 2.86. The number of carbonyl (C=O) groups is 2. The summed E-state index contributed by atoms with van der Waals surface area (Å²) >= 11 is 1.58. The van der Waals surface area contributed by atoms with Gasteiger partial charge in [-0.2, -0.15) is 0 Å². The molecule has 2 rings (SSSR count). The van der Waals surface area contributed by atoms with Crippen molar-refractivity contribution in [1.82, 2.24) is 25.8 Å². The van der Waals surface area contributed by atoms with Crippen molar-refractivity contribution >= 4 is 29.2 Å². The van der Waals surface area contributed by atoms with E-state index in [1.807, 2.05) is 12.3 Å². The molecule has 2 heterocycles. The smallest absolute Gasteiger partial charge is 0.324 e. The molecule has 1 aromatic heterocycles. The molecule has 0 spiro atoms. The van der Waals surface area contributed by atoms with Crippen molar-refractivity contribution in [3.05, 3.63) is 16.1 Å². The summed E-state index contributed by atoms with van der Waals surface area (Å²) in [5, 5.41) is 11.6. The molecule has 1 aliphatic heterocycles. The number of aromatic nitrogens is 1. The first kappa shape index (κ1) is 15.2. The lowest BCUT2D eigenvalue weighted by molar-refractivity contribution is -0.124. The van der Waals surface area contributed by atoms with Crippen LogP contribution in [0.5, 0.6) is 0 Å². The van der Waals surface area contributed by atoms with E-state index in [0.29, 0.717) is 25.6 Å². The molecule has 0 bridgehead atoms. The average molecular weight is 310 g/mol. The van der Waals surface area contributed by atoms with Crippen LogP contribution >= 0.6 is 11.3 Å². The number of thiazole rings is 1. The van der Waals surface area contributed by atoms with Crippen molar-refractivity contribution in [1.29, 1.82) is 0 Å². The molecule has 0 atom stereocenters. The predicted octanol–water partition coefficient (Wildman–Crippen LogP) is -0.332. The molecule has 0 radical (unpaired) electrons. The Bertz CT molecular complexity index is 540. The second-order valence-corrected chi connectivity index (χ2v) is 5.38. The Hall–Kier alpha value is -2.16. The Kier molecular flexibility index (Phi) is 5.09. The van der Waals surface area contributed by atoms with Gasteiger partial charge in [0, 0.05) is 31.2 Å². The van der Waals surface area contributed by atoms with E-state index in [1.54, 1.807) is 18.4 Å². The molecule has 3 N–H and O–H groups in total. The molecule has 0 aromatic carbocycles. The maximum Gasteiger partial charge on any atom is 0.324 e. The monoisotopic (exact) mass is 310 g/mol. The fourth-order valence-electron chi connectivity index (χ4n) is 1.83. The third-order valence-corrected chi connectivity index (χ3v) is 3.83. The van der Waals surface area contributed by atoms with Gasteiger partial charge in [-0.3, -0.25) is 14.7 Å². The van der Waals surface area contributed by atoms with Crippen LogP contribution in [0.1, 0.15) is 10.7 Å². The lowest BCUT2D eigenvalue weighted by Gasteiger charge is -2.15. The molecule has 0 unspecified atom stereocenters. The van der Waals surface area contributed by atoms with Crippen LogP contribution in [0.4, 0.5) is 4.79 Å². The van der Waals surface area contributed by atoms with Gasteiger partial charge < -0.3 is 16.0 Å². The summed E-state index contributed by atoms with van der Waals surface area (Å²) in [5.74, 6) is 0.401. The standard InChI is InChI=1S/C12H18N6O2S/c1-8-7-21-9(17-8)5-15-11(13-2)14-3-4-18-10(19)6-16-12(18)20/h7H,3-6H2,1-2H3,(H,16,20)(H2,13,14,15). The van der Waals surface area contributed by atoms with E-state index in [1.165, 1.54) is 4.90 Å². The lowest BCUT2D eigenvalue weighted by Crippen LogP contribution is -2.43. The van der Waals surface area contributed by atoms with Crippen LogP contribution in [0.25, 0.3) is 0 Å². The zero-order chi connectivity index (χ0) is 15.2. The van der Waals surface area contributed by atoms with E-state index in [0.717, 1.165) is 10.7 Å². The minimum absolute atomic E-state index is 0.0786. The number of guanidine groups is 1. The average Bonchev–Trinajstić information content (AvgIpc) is 3.02. The number of imide groups is 1. The van der Waals surface area contributed by atoms with Crippen LogP contribution in [-0.2, 0) is 11.3 Å². The first-order valence-electron chi connectivity index (χ1n) is 6.54. The first-order valence-corrected chi connectivity index (χ1v) is 7.42. The van der Waals surface area contributed by atoms with Crippen LogP contribution in [0.2, 0.25) is 0 Å². The molecule has 1 aromatic rings. The van der Waals surface area contributed by atoms with Gasteiger partial charge in [0.1, 0.15) is 5.01 Å². The highest BCUT2D eigenvalue weighted by molar-refractivity contribution is 7.09. The van der Waals surface area contributed by atoms with Gasteiger partial charge in [-0.05, 0) is 6.92 Å². The number of nitrogens with zero attached hydrogens (tertiary/aromatic N) is 3. The van der Waals surface area contributed by atoms with Crippen LogP contribution in [0, 0.1) is 6.92 Å². The van der Waals surface area contributed by atoms with E-state index >= 15 is 0 Å². The number of aliphatic imine (C=N–C) groups is 1. The van der Waals surface area contributed by atoms with Crippen molar-refractivity contribution in [2.75, 3.05) is 26.7 Å². The number of hydrogen-bond acceptors (Lipinski definition) is 5. The van der Waals surface area contributed by atoms with E-state index < -0.39 is 0 Å². The molecule has 21 heavy (non-hydrogen) atoms. The Labute approximate surface area is 126 Å². The molecule has 8 nitrogen and oxygen atoms in total. The van der Waals surface area contributed by atoms with Crippen LogP contribution in [0.3, 0.4) is 0 Å². The number of hydrogen-bond donors (Lipinski definition) is 3. The minimum atomic E-state index is -0.344. The second kappa shape index (κ2) is 7.02. The molecule has 9 heteroatoms. The van der Waals surface area contributed by atoms with Gasteiger partial charge in [-0.1, -0.05) is 0 Å². The number of urea groups is 1. The Morgan fingerprint density at radius 2 is 2.33 bits per heavy atom. The molecule has 3 amide bonds. The fourth-order valence-corrected chi connectivity index (χ4v) is 2.54. The van der Waals surface area contributed by atoms with Crippen LogP contribution in [-0.4, -0.2) is 54.5 Å². The minimum Gasteiger partial charge on any atom is -0.355 e. The predicted molar refractivity (Wildman–Crippen MR) is 80.2 cm³/mol. The molecule has 0 saturated carbocycles. The highest BCUT2D eigenvalue weighted by Gasteiger charge is 2.27. The van der Waals surface area contributed by atoms with Gasteiger partial charge >= 0.3 is 6.03 Å². The number of rotatable bonds is 5. The van der Waals surface area contributed by atoms with Gasteiger partial charge in [0.25, 0.3) is 0 Å². The maximum absolute atomic E-state index is 11.4. The SMILES string of the molecule is CN=C(NCCN1C(=O)CNC1=O)NCc1nc(C)cs1. The van der Waals surface area contributed by atoms with Gasteiger partial charge in [-0.25, -0.2) is 9.78 Å². The third kappa shape index (κ3) is 4.15. The van der Waals surface area contributed by atoms with Crippen LogP contribution < -0.4 is 16.0 Å². The molecule has 0 aliphatic carbocycles. The summed E-state index contributed by atoms with van der Waals surface area (Å²) in [5.41, 5.74) is 0.998. The van der Waals surface area contributed by atoms with Crippen molar-refractivity contribution < 1.29 is 9.59 Å². The molecule has 1 saturated heterocycles. The van der Waals surface area contributed by atoms with E-state index in [9.17, 15) is 9.59 Å². The lowest BCUT2D eigenvalue weighted by atomic mass is 10.5. The number of aryl methyl sites for hydroxylation is 1. The molecule has 1 fully saturated rings. The Morgan fingerprint density at radius 1 is 1.52 bits per heavy atom. The first-order chi connectivity index (χ1) is 10.1. The number of amides is 3. The van der Waals surface area contributed by atoms with Crippen molar-refractivity contribution in [3.63, 3.8) is 0 Å². The molecule has 114 valence electrons. The zero-order valence-electron chi connectivity index (χ0n) is 12.0. The highest BCUT2D eigenvalue weighted by Crippen LogP contribution is 2.07. The van der Waals surface area contributed by atoms with Gasteiger partial charge in [0.05, 0.1) is 13.1 Å². The fraction of sp³-hybridized carbons (Fsp3) is 0.500. The highest BCUT2D eigenvalue weighted by atomic mass is 32.1. The summed E-state index contributed by atoms with van der Waals surface area (Å²) in [7, 11) is 1.66. The van der Waals surface area contributed by atoms with Crippen molar-refractivity contribution in [3.8, 4) is 0 Å². The largest absolute Gasteiger partial charge is 0.355 e. The van der Waals surface area contributed by atoms with Crippen molar-refractivity contribution in [2.24, 2.45) is 4.99 Å². The molecular formula is C12H18N6O2S. The topological polar surface area (TPSA) is 98.7 Å². The van der Waals surface area contributed by atoms with Gasteiger partial charge in [0.15, 0.2) is 5.96 Å². The molecular weight excluding hydrogens is 292 g/mol. The summed E-state index contributed by atoms with van der Waals surface area (Å²) in [6, 6.07) is -0.344. The number of nitrogens with one attached hydrogen (secondary N) is 3. The maximum atomic E-state index is 11.4. The number of carbonyl (C=O) groups excluding carboxylic acids is 2. The van der Waals surface area contributed by atoms with Gasteiger partial charge in [0.2, 0.25) is 5.91 Å². The quantitative estimate of drug-likeness (QED) is 0.393. The summed E-state index contributed by atoms with van der Waals surface area (Å²) in [4.78, 5) is 32.4. The van der Waals surface area contributed by atoms with Gasteiger partial charge in [-0.15, -0.1) is 11.3 Å². The second-order valence-electron chi connectivity index (χ2n) is 4.44. The van der Waals surface area contributed by atoms with Crippen LogP contribution in [0.15, 0.2) is 10.4 Å².